The summed E-state index contributed by atoms with van der Waals surface area (Å²) in [5.41, 5.74) is 0.585. The van der Waals surface area contributed by atoms with Crippen LogP contribution in [0.1, 0.15) is 33.6 Å². The fourth-order valence-corrected chi connectivity index (χ4v) is 1.89. The maximum absolute atomic E-state index is 2.44. The first-order valence-electron chi connectivity index (χ1n) is 3.18. The van der Waals surface area contributed by atoms with Crippen LogP contribution >= 0.6 is 22.6 Å². The van der Waals surface area contributed by atoms with Gasteiger partial charge in [-0.1, -0.05) is 49.8 Å². The smallest absolute Gasteiger partial charge is 0.0000350 e. The van der Waals surface area contributed by atoms with Crippen LogP contribution in [0.25, 0.3) is 0 Å². The van der Waals surface area contributed by atoms with Gasteiger partial charge in [-0.3, -0.25) is 0 Å². The standard InChI is InChI=1S/C7H15I/c1-4-7(2,3)5-6-8/h4-6H2,1-3H3. The van der Waals surface area contributed by atoms with Crippen molar-refractivity contribution in [1.29, 1.82) is 0 Å². The molecule has 50 valence electrons. The second-order valence-corrected chi connectivity index (χ2v) is 4.04. The fourth-order valence-electron chi connectivity index (χ4n) is 0.433. The van der Waals surface area contributed by atoms with Gasteiger partial charge in [0.2, 0.25) is 0 Å². The van der Waals surface area contributed by atoms with Gasteiger partial charge in [0.25, 0.3) is 0 Å². The molecule has 0 rings (SSSR count). The molecule has 0 fully saturated rings. The van der Waals surface area contributed by atoms with E-state index in [1.807, 2.05) is 0 Å². The van der Waals surface area contributed by atoms with Crippen molar-refractivity contribution in [2.45, 2.75) is 33.6 Å². The van der Waals surface area contributed by atoms with Crippen LogP contribution in [-0.4, -0.2) is 4.43 Å². The zero-order chi connectivity index (χ0) is 6.62. The third-order valence-electron chi connectivity index (χ3n) is 1.73. The van der Waals surface area contributed by atoms with Gasteiger partial charge in [-0.05, 0) is 11.8 Å². The third kappa shape index (κ3) is 3.70. The van der Waals surface area contributed by atoms with Crippen molar-refractivity contribution in [2.24, 2.45) is 5.41 Å². The molecule has 0 unspecified atom stereocenters. The summed E-state index contributed by atoms with van der Waals surface area (Å²) in [6, 6.07) is 0. The number of hydrogen-bond acceptors (Lipinski definition) is 0. The summed E-state index contributed by atoms with van der Waals surface area (Å²) < 4.78 is 1.29. The molecule has 0 aliphatic carbocycles. The zero-order valence-corrected chi connectivity index (χ0v) is 8.16. The maximum Gasteiger partial charge on any atom is 0.0000350 e. The molecule has 0 aliphatic heterocycles. The summed E-state index contributed by atoms with van der Waals surface area (Å²) in [5, 5.41) is 0. The van der Waals surface area contributed by atoms with Gasteiger partial charge < -0.3 is 0 Å². The molecule has 0 saturated carbocycles. The monoisotopic (exact) mass is 226 g/mol. The number of halogens is 1. The third-order valence-corrected chi connectivity index (χ3v) is 2.27. The summed E-state index contributed by atoms with van der Waals surface area (Å²) in [6.07, 6.45) is 2.65. The minimum atomic E-state index is 0.585. The van der Waals surface area contributed by atoms with Crippen molar-refractivity contribution in [1.82, 2.24) is 0 Å². The molecular weight excluding hydrogens is 211 g/mol. The second kappa shape index (κ2) is 3.70. The van der Waals surface area contributed by atoms with Crippen LogP contribution in [0, 0.1) is 5.41 Å². The Hall–Kier alpha value is 0.730. The lowest BCUT2D eigenvalue weighted by Crippen LogP contribution is -2.09. The molecule has 0 aromatic heterocycles. The molecule has 0 amide bonds. The van der Waals surface area contributed by atoms with E-state index in [4.69, 9.17) is 0 Å². The van der Waals surface area contributed by atoms with Crippen LogP contribution in [0.15, 0.2) is 0 Å². The van der Waals surface area contributed by atoms with Gasteiger partial charge in [0, 0.05) is 4.43 Å². The molecule has 0 atom stereocenters. The molecular formula is C7H15I. The van der Waals surface area contributed by atoms with Gasteiger partial charge in [-0.2, -0.15) is 0 Å². The van der Waals surface area contributed by atoms with Crippen LogP contribution in [0.5, 0.6) is 0 Å². The lowest BCUT2D eigenvalue weighted by atomic mass is 9.88. The first kappa shape index (κ1) is 8.73. The molecule has 0 N–H and O–H groups in total. The van der Waals surface area contributed by atoms with Crippen molar-refractivity contribution in [2.75, 3.05) is 4.43 Å². The van der Waals surface area contributed by atoms with E-state index < -0.39 is 0 Å². The number of alkyl halides is 1. The van der Waals surface area contributed by atoms with E-state index in [1.165, 1.54) is 17.3 Å². The van der Waals surface area contributed by atoms with Crippen molar-refractivity contribution in [3.63, 3.8) is 0 Å². The van der Waals surface area contributed by atoms with E-state index in [-0.39, 0.29) is 0 Å². The quantitative estimate of drug-likeness (QED) is 0.511. The van der Waals surface area contributed by atoms with E-state index in [0.717, 1.165) is 0 Å². The summed E-state index contributed by atoms with van der Waals surface area (Å²) in [5.74, 6) is 0. The Kier molecular flexibility index (Phi) is 4.04. The van der Waals surface area contributed by atoms with Gasteiger partial charge >= 0.3 is 0 Å². The molecule has 0 bridgehead atoms. The van der Waals surface area contributed by atoms with E-state index in [9.17, 15) is 0 Å². The topological polar surface area (TPSA) is 0 Å². The molecule has 1 heteroatoms. The van der Waals surface area contributed by atoms with Gasteiger partial charge in [-0.15, -0.1) is 0 Å². The molecule has 0 aromatic carbocycles. The minimum Gasteiger partial charge on any atom is -0.0864 e. The Labute approximate surface area is 66.2 Å². The highest BCUT2D eigenvalue weighted by Crippen LogP contribution is 2.24. The minimum absolute atomic E-state index is 0.585. The largest absolute Gasteiger partial charge is 0.0864 e. The highest BCUT2D eigenvalue weighted by molar-refractivity contribution is 14.1. The number of rotatable bonds is 3. The van der Waals surface area contributed by atoms with E-state index in [0.29, 0.717) is 5.41 Å². The first-order chi connectivity index (χ1) is 3.62. The summed E-state index contributed by atoms with van der Waals surface area (Å²) in [6.45, 7) is 6.91. The Morgan fingerprint density at radius 2 is 1.88 bits per heavy atom. The predicted molar refractivity (Wildman–Crippen MR) is 47.6 cm³/mol. The van der Waals surface area contributed by atoms with Gasteiger partial charge in [0.1, 0.15) is 0 Å². The predicted octanol–water partition coefficient (Wildman–Crippen LogP) is 3.25. The average Bonchev–Trinajstić information content (AvgIpc) is 1.67. The first-order valence-corrected chi connectivity index (χ1v) is 4.71. The molecule has 0 spiro atoms. The maximum atomic E-state index is 2.44. The normalized spacial score (nSPS) is 12.0. The molecule has 0 heterocycles. The number of hydrogen-bond donors (Lipinski definition) is 0. The SMILES string of the molecule is CCC(C)(C)CCI. The van der Waals surface area contributed by atoms with E-state index in [2.05, 4.69) is 43.4 Å². The Morgan fingerprint density at radius 1 is 1.38 bits per heavy atom. The van der Waals surface area contributed by atoms with Crippen LogP contribution in [-0.2, 0) is 0 Å². The lowest BCUT2D eigenvalue weighted by molar-refractivity contribution is 0.343. The second-order valence-electron chi connectivity index (χ2n) is 2.96. The molecule has 0 saturated heterocycles. The summed E-state index contributed by atoms with van der Waals surface area (Å²) in [7, 11) is 0. The van der Waals surface area contributed by atoms with E-state index >= 15 is 0 Å². The highest BCUT2D eigenvalue weighted by Gasteiger charge is 2.12. The summed E-state index contributed by atoms with van der Waals surface area (Å²) in [4.78, 5) is 0. The highest BCUT2D eigenvalue weighted by atomic mass is 127. The lowest BCUT2D eigenvalue weighted by Gasteiger charge is -2.20. The van der Waals surface area contributed by atoms with Crippen LogP contribution in [0.3, 0.4) is 0 Å². The molecule has 0 aliphatic rings. The molecule has 0 nitrogen and oxygen atoms in total. The Bertz CT molecular complexity index is 57.4. The van der Waals surface area contributed by atoms with Crippen molar-refractivity contribution >= 4 is 22.6 Å². The Balaban J connectivity index is 3.37. The fraction of sp³-hybridized carbons (Fsp3) is 1.00. The summed E-state index contributed by atoms with van der Waals surface area (Å²) >= 11 is 2.44. The van der Waals surface area contributed by atoms with Gasteiger partial charge in [0.05, 0.1) is 0 Å². The van der Waals surface area contributed by atoms with Crippen molar-refractivity contribution in [3.8, 4) is 0 Å². The van der Waals surface area contributed by atoms with Gasteiger partial charge in [0.15, 0.2) is 0 Å². The van der Waals surface area contributed by atoms with Gasteiger partial charge in [-0.25, -0.2) is 0 Å². The Morgan fingerprint density at radius 3 is 2.00 bits per heavy atom. The van der Waals surface area contributed by atoms with Crippen LogP contribution < -0.4 is 0 Å². The van der Waals surface area contributed by atoms with Crippen molar-refractivity contribution < 1.29 is 0 Å². The average molecular weight is 226 g/mol. The van der Waals surface area contributed by atoms with Crippen molar-refractivity contribution in [3.05, 3.63) is 0 Å². The van der Waals surface area contributed by atoms with E-state index in [1.54, 1.807) is 0 Å². The zero-order valence-electron chi connectivity index (χ0n) is 6.00. The molecule has 0 aromatic rings. The van der Waals surface area contributed by atoms with Crippen LogP contribution in [0.4, 0.5) is 0 Å². The van der Waals surface area contributed by atoms with Crippen LogP contribution in [0.2, 0.25) is 0 Å². The molecule has 0 radical (unpaired) electrons. The molecule has 8 heavy (non-hydrogen) atoms.